The fourth-order valence-electron chi connectivity index (χ4n) is 2.13. The summed E-state index contributed by atoms with van der Waals surface area (Å²) in [7, 11) is 3.14. The maximum atomic E-state index is 13.7. The largest absolute Gasteiger partial charge is 0.493 e. The summed E-state index contributed by atoms with van der Waals surface area (Å²) in [4.78, 5) is 12.0. The first-order chi connectivity index (χ1) is 11.0. The molecular weight excluding hydrogens is 365 g/mol. The van der Waals surface area contributed by atoms with Crippen molar-refractivity contribution >= 4 is 21.8 Å². The Labute approximate surface area is 142 Å². The van der Waals surface area contributed by atoms with E-state index in [0.29, 0.717) is 28.9 Å². The van der Waals surface area contributed by atoms with Gasteiger partial charge in [0.2, 0.25) is 0 Å². The number of nitrogens with one attached hydrogen (secondary N) is 1. The van der Waals surface area contributed by atoms with Gasteiger partial charge in [-0.05, 0) is 42.3 Å². The van der Waals surface area contributed by atoms with Crippen LogP contribution in [-0.2, 0) is 6.42 Å². The van der Waals surface area contributed by atoms with E-state index in [-0.39, 0.29) is 5.56 Å². The zero-order chi connectivity index (χ0) is 16.8. The lowest BCUT2D eigenvalue weighted by molar-refractivity contribution is 0.0950. The van der Waals surface area contributed by atoms with Crippen LogP contribution >= 0.6 is 15.9 Å². The summed E-state index contributed by atoms with van der Waals surface area (Å²) < 4.78 is 24.7. The minimum absolute atomic E-state index is 0.0283. The van der Waals surface area contributed by atoms with Gasteiger partial charge in [0.25, 0.3) is 5.91 Å². The maximum absolute atomic E-state index is 13.7. The zero-order valence-electron chi connectivity index (χ0n) is 12.9. The summed E-state index contributed by atoms with van der Waals surface area (Å²) in [6.45, 7) is 0.393. The highest BCUT2D eigenvalue weighted by atomic mass is 79.9. The summed E-state index contributed by atoms with van der Waals surface area (Å²) in [5.41, 5.74) is 1.01. The summed E-state index contributed by atoms with van der Waals surface area (Å²) in [6.07, 6.45) is 0.601. The van der Waals surface area contributed by atoms with E-state index in [1.54, 1.807) is 20.3 Å². The second kappa shape index (κ2) is 7.97. The molecule has 2 rings (SSSR count). The van der Waals surface area contributed by atoms with E-state index in [1.807, 2.05) is 18.2 Å². The molecule has 1 amide bonds. The number of ether oxygens (including phenoxy) is 2. The van der Waals surface area contributed by atoms with Crippen molar-refractivity contribution in [3.63, 3.8) is 0 Å². The Bertz CT molecular complexity index is 706. The van der Waals surface area contributed by atoms with Gasteiger partial charge in [-0.1, -0.05) is 22.0 Å². The number of carbonyl (C=O) groups excluding carboxylic acids is 1. The normalized spacial score (nSPS) is 10.3. The van der Waals surface area contributed by atoms with Gasteiger partial charge in [-0.3, -0.25) is 4.79 Å². The van der Waals surface area contributed by atoms with E-state index in [2.05, 4.69) is 21.2 Å². The van der Waals surface area contributed by atoms with Crippen LogP contribution in [0, 0.1) is 5.82 Å². The summed E-state index contributed by atoms with van der Waals surface area (Å²) in [6, 6.07) is 9.91. The highest BCUT2D eigenvalue weighted by Crippen LogP contribution is 2.27. The fraction of sp³-hybridized carbons (Fsp3) is 0.235. The lowest BCUT2D eigenvalue weighted by atomic mass is 10.1. The molecule has 2 aromatic rings. The Kier molecular flexibility index (Phi) is 5.98. The predicted octanol–water partition coefficient (Wildman–Crippen LogP) is 3.58. The number of rotatable bonds is 6. The number of hydrogen-bond donors (Lipinski definition) is 1. The van der Waals surface area contributed by atoms with Gasteiger partial charge in [0.15, 0.2) is 11.5 Å². The van der Waals surface area contributed by atoms with Gasteiger partial charge >= 0.3 is 0 Å². The molecule has 4 nitrogen and oxygen atoms in total. The van der Waals surface area contributed by atoms with Crippen LogP contribution < -0.4 is 14.8 Å². The van der Waals surface area contributed by atoms with Gasteiger partial charge in [-0.2, -0.15) is 0 Å². The van der Waals surface area contributed by atoms with E-state index in [9.17, 15) is 9.18 Å². The lowest BCUT2D eigenvalue weighted by Crippen LogP contribution is -2.26. The molecule has 122 valence electrons. The van der Waals surface area contributed by atoms with E-state index < -0.39 is 11.7 Å². The van der Waals surface area contributed by atoms with Crippen LogP contribution in [0.3, 0.4) is 0 Å². The third kappa shape index (κ3) is 4.45. The van der Waals surface area contributed by atoms with E-state index in [1.165, 1.54) is 12.1 Å². The molecule has 0 aliphatic heterocycles. The maximum Gasteiger partial charge on any atom is 0.254 e. The number of halogens is 2. The zero-order valence-corrected chi connectivity index (χ0v) is 14.4. The Hall–Kier alpha value is -2.08. The molecule has 0 unspecified atom stereocenters. The van der Waals surface area contributed by atoms with E-state index in [4.69, 9.17) is 9.47 Å². The van der Waals surface area contributed by atoms with E-state index in [0.717, 1.165) is 5.56 Å². The number of methoxy groups -OCH3 is 2. The average Bonchev–Trinajstić information content (AvgIpc) is 2.54. The molecule has 0 aliphatic carbocycles. The summed E-state index contributed by atoms with van der Waals surface area (Å²) in [5.74, 6) is 0.297. The minimum Gasteiger partial charge on any atom is -0.493 e. The molecule has 1 N–H and O–H groups in total. The van der Waals surface area contributed by atoms with Crippen LogP contribution in [0.4, 0.5) is 4.39 Å². The van der Waals surface area contributed by atoms with Crippen molar-refractivity contribution in [2.75, 3.05) is 20.8 Å². The van der Waals surface area contributed by atoms with Gasteiger partial charge < -0.3 is 14.8 Å². The molecule has 0 aromatic heterocycles. The quantitative estimate of drug-likeness (QED) is 0.831. The molecule has 23 heavy (non-hydrogen) atoms. The third-order valence-electron chi connectivity index (χ3n) is 3.32. The summed E-state index contributed by atoms with van der Waals surface area (Å²) >= 11 is 3.16. The van der Waals surface area contributed by atoms with Gasteiger partial charge in [0.05, 0.1) is 19.8 Å². The Morgan fingerprint density at radius 3 is 2.52 bits per heavy atom. The number of benzene rings is 2. The predicted molar refractivity (Wildman–Crippen MR) is 89.7 cm³/mol. The highest BCUT2D eigenvalue weighted by Gasteiger charge is 2.11. The van der Waals surface area contributed by atoms with Crippen LogP contribution in [0.2, 0.25) is 0 Å². The molecule has 0 saturated carbocycles. The second-order valence-electron chi connectivity index (χ2n) is 4.82. The van der Waals surface area contributed by atoms with Crippen molar-refractivity contribution in [2.24, 2.45) is 0 Å². The number of carbonyl (C=O) groups is 1. The van der Waals surface area contributed by atoms with Crippen molar-refractivity contribution in [1.29, 1.82) is 0 Å². The molecule has 0 radical (unpaired) electrons. The SMILES string of the molecule is COc1ccc(CCNC(=O)c2ccc(Br)cc2F)cc1OC. The Morgan fingerprint density at radius 2 is 1.87 bits per heavy atom. The van der Waals surface area contributed by atoms with Crippen LogP contribution in [0.25, 0.3) is 0 Å². The van der Waals surface area contributed by atoms with Crippen LogP contribution in [0.1, 0.15) is 15.9 Å². The van der Waals surface area contributed by atoms with Crippen molar-refractivity contribution in [3.8, 4) is 11.5 Å². The smallest absolute Gasteiger partial charge is 0.254 e. The molecule has 2 aromatic carbocycles. The van der Waals surface area contributed by atoms with Crippen molar-refractivity contribution in [2.45, 2.75) is 6.42 Å². The van der Waals surface area contributed by atoms with Gasteiger partial charge in [-0.25, -0.2) is 4.39 Å². The third-order valence-corrected chi connectivity index (χ3v) is 3.82. The van der Waals surface area contributed by atoms with Crippen LogP contribution in [-0.4, -0.2) is 26.7 Å². The summed E-state index contributed by atoms with van der Waals surface area (Å²) in [5, 5.41) is 2.71. The van der Waals surface area contributed by atoms with Crippen LogP contribution in [0.5, 0.6) is 11.5 Å². The van der Waals surface area contributed by atoms with Crippen molar-refractivity contribution in [3.05, 3.63) is 57.8 Å². The van der Waals surface area contributed by atoms with E-state index >= 15 is 0 Å². The second-order valence-corrected chi connectivity index (χ2v) is 5.74. The fourth-order valence-corrected chi connectivity index (χ4v) is 2.46. The van der Waals surface area contributed by atoms with Gasteiger partial charge in [0, 0.05) is 11.0 Å². The first kappa shape index (κ1) is 17.3. The molecule has 0 atom stereocenters. The molecule has 0 heterocycles. The Morgan fingerprint density at radius 1 is 1.13 bits per heavy atom. The average molecular weight is 382 g/mol. The van der Waals surface area contributed by atoms with Gasteiger partial charge in [-0.15, -0.1) is 0 Å². The molecule has 0 aliphatic rings. The van der Waals surface area contributed by atoms with Crippen molar-refractivity contribution in [1.82, 2.24) is 5.32 Å². The molecule has 0 bridgehead atoms. The molecule has 6 heteroatoms. The first-order valence-corrected chi connectivity index (χ1v) is 7.78. The van der Waals surface area contributed by atoms with Gasteiger partial charge in [0.1, 0.15) is 5.82 Å². The highest BCUT2D eigenvalue weighted by molar-refractivity contribution is 9.10. The van der Waals surface area contributed by atoms with Crippen molar-refractivity contribution < 1.29 is 18.7 Å². The lowest BCUT2D eigenvalue weighted by Gasteiger charge is -2.10. The first-order valence-electron chi connectivity index (χ1n) is 6.99. The number of amides is 1. The standard InChI is InChI=1S/C17H17BrFNO3/c1-22-15-6-3-11(9-16(15)23-2)7-8-20-17(21)13-5-4-12(18)10-14(13)19/h3-6,9-10H,7-8H2,1-2H3,(H,20,21). The topological polar surface area (TPSA) is 47.6 Å². The molecular formula is C17H17BrFNO3. The minimum atomic E-state index is -0.553. The monoisotopic (exact) mass is 381 g/mol. The van der Waals surface area contributed by atoms with Crippen LogP contribution in [0.15, 0.2) is 40.9 Å². The molecule has 0 spiro atoms. The molecule has 0 fully saturated rings. The molecule has 0 saturated heterocycles. The Balaban J connectivity index is 1.95. The number of hydrogen-bond acceptors (Lipinski definition) is 3.